The fraction of sp³-hybridized carbons (Fsp3) is 0.500. The molecule has 0 radical (unpaired) electrons. The number of carbonyl (C=O) groups is 1. The van der Waals surface area contributed by atoms with Crippen molar-refractivity contribution < 1.29 is 9.53 Å². The summed E-state index contributed by atoms with van der Waals surface area (Å²) in [6, 6.07) is 0.524. The van der Waals surface area contributed by atoms with Gasteiger partial charge in [0, 0.05) is 12.2 Å². The lowest BCUT2D eigenvalue weighted by Crippen LogP contribution is -2.35. The van der Waals surface area contributed by atoms with Gasteiger partial charge in [0.2, 0.25) is 5.13 Å². The molecular formula is C16H22N4O2S. The molecule has 2 aliphatic heterocycles. The fourth-order valence-corrected chi connectivity index (χ4v) is 3.71. The predicted octanol–water partition coefficient (Wildman–Crippen LogP) is 2.50. The van der Waals surface area contributed by atoms with Gasteiger partial charge in [-0.3, -0.25) is 15.3 Å². The minimum Gasteiger partial charge on any atom is -0.462 e. The first kappa shape index (κ1) is 16.0. The van der Waals surface area contributed by atoms with Gasteiger partial charge in [-0.25, -0.2) is 9.78 Å². The van der Waals surface area contributed by atoms with E-state index in [2.05, 4.69) is 34.5 Å². The van der Waals surface area contributed by atoms with Crippen molar-refractivity contribution in [3.05, 3.63) is 35.0 Å². The molecule has 0 amide bonds. The van der Waals surface area contributed by atoms with E-state index >= 15 is 0 Å². The summed E-state index contributed by atoms with van der Waals surface area (Å²) >= 11 is 1.31. The molecule has 1 aromatic rings. The third-order valence-corrected chi connectivity index (χ3v) is 4.98. The highest BCUT2D eigenvalue weighted by Gasteiger charge is 2.26. The number of likely N-dealkylation sites (tertiary alicyclic amines) is 1. The van der Waals surface area contributed by atoms with Crippen molar-refractivity contribution in [3.8, 4) is 0 Å². The molecule has 0 spiro atoms. The number of anilines is 1. The minimum absolute atomic E-state index is 0.319. The number of hydrogen-bond acceptors (Lipinski definition) is 7. The highest BCUT2D eigenvalue weighted by atomic mass is 32.1. The van der Waals surface area contributed by atoms with Gasteiger partial charge in [-0.15, -0.1) is 0 Å². The van der Waals surface area contributed by atoms with Crippen LogP contribution in [0.1, 0.15) is 29.4 Å². The van der Waals surface area contributed by atoms with Gasteiger partial charge >= 0.3 is 5.97 Å². The molecule has 0 aliphatic carbocycles. The second-order valence-corrected chi connectivity index (χ2v) is 6.74. The third-order valence-electron chi connectivity index (χ3n) is 4.10. The highest BCUT2D eigenvalue weighted by Crippen LogP contribution is 2.26. The van der Waals surface area contributed by atoms with Crippen molar-refractivity contribution in [2.45, 2.75) is 25.8 Å². The van der Waals surface area contributed by atoms with Crippen LogP contribution in [0.5, 0.6) is 0 Å². The number of ether oxygens (including phenoxy) is 1. The maximum absolute atomic E-state index is 11.7. The van der Waals surface area contributed by atoms with E-state index in [1.807, 2.05) is 11.2 Å². The van der Waals surface area contributed by atoms with Crippen LogP contribution in [0.4, 0.5) is 5.13 Å². The molecule has 1 saturated heterocycles. The monoisotopic (exact) mass is 334 g/mol. The summed E-state index contributed by atoms with van der Waals surface area (Å²) < 4.78 is 4.99. The first-order valence-corrected chi connectivity index (χ1v) is 8.72. The van der Waals surface area contributed by atoms with E-state index in [0.717, 1.165) is 13.1 Å². The van der Waals surface area contributed by atoms with E-state index in [1.165, 1.54) is 29.8 Å². The molecule has 3 rings (SSSR count). The average Bonchev–Trinajstić information content (AvgIpc) is 3.17. The first-order valence-electron chi connectivity index (χ1n) is 7.91. The van der Waals surface area contributed by atoms with E-state index in [0.29, 0.717) is 22.7 Å². The SMILES string of the molecule is CCOC(=O)c1cnc(NN2C=CC=C([C@@H]3CCCN3C)C2)s1. The van der Waals surface area contributed by atoms with Crippen LogP contribution in [0.25, 0.3) is 0 Å². The number of hydrogen-bond donors (Lipinski definition) is 1. The van der Waals surface area contributed by atoms with Gasteiger partial charge in [-0.2, -0.15) is 0 Å². The standard InChI is InChI=1S/C16H22N4O2S/c1-3-22-15(21)14-10-17-16(23-14)18-20-9-4-6-12(11-20)13-7-5-8-19(13)2/h4,6,9-10,13H,3,5,7-8,11H2,1-2H3,(H,17,18)/t13-/m0/s1. The maximum Gasteiger partial charge on any atom is 0.350 e. The fourth-order valence-electron chi connectivity index (χ4n) is 2.99. The Morgan fingerprint density at radius 1 is 1.57 bits per heavy atom. The van der Waals surface area contributed by atoms with Crippen LogP contribution in [0.3, 0.4) is 0 Å². The van der Waals surface area contributed by atoms with Gasteiger partial charge in [-0.1, -0.05) is 17.4 Å². The summed E-state index contributed by atoms with van der Waals surface area (Å²) in [6.07, 6.45) is 10.3. The molecule has 6 nitrogen and oxygen atoms in total. The van der Waals surface area contributed by atoms with Crippen molar-refractivity contribution in [3.63, 3.8) is 0 Å². The van der Waals surface area contributed by atoms with Crippen molar-refractivity contribution >= 4 is 22.4 Å². The largest absolute Gasteiger partial charge is 0.462 e. The Kier molecular flexibility index (Phi) is 4.97. The summed E-state index contributed by atoms with van der Waals surface area (Å²) in [5.74, 6) is -0.319. The third kappa shape index (κ3) is 3.73. The van der Waals surface area contributed by atoms with Gasteiger partial charge in [0.15, 0.2) is 0 Å². The molecule has 23 heavy (non-hydrogen) atoms. The number of hydrazine groups is 1. The zero-order valence-corrected chi connectivity index (χ0v) is 14.3. The number of rotatable bonds is 5. The number of carbonyl (C=O) groups excluding carboxylic acids is 1. The summed E-state index contributed by atoms with van der Waals surface area (Å²) in [6.45, 7) is 4.15. The van der Waals surface area contributed by atoms with E-state index in [9.17, 15) is 4.79 Å². The zero-order valence-electron chi connectivity index (χ0n) is 13.5. The van der Waals surface area contributed by atoms with Gasteiger partial charge in [-0.05, 0) is 45.0 Å². The maximum atomic E-state index is 11.7. The summed E-state index contributed by atoms with van der Waals surface area (Å²) in [7, 11) is 2.18. The van der Waals surface area contributed by atoms with Crippen molar-refractivity contribution in [2.24, 2.45) is 0 Å². The lowest BCUT2D eigenvalue weighted by atomic mass is 10.0. The molecule has 1 N–H and O–H groups in total. The topological polar surface area (TPSA) is 57.7 Å². The Hall–Kier alpha value is -1.86. The van der Waals surface area contributed by atoms with Crippen molar-refractivity contribution in [2.75, 3.05) is 32.2 Å². The molecule has 1 fully saturated rings. The molecule has 0 aromatic carbocycles. The normalized spacial score (nSPS) is 21.4. The summed E-state index contributed by atoms with van der Waals surface area (Å²) in [5.41, 5.74) is 4.66. The first-order chi connectivity index (χ1) is 11.2. The molecule has 0 unspecified atom stereocenters. The molecule has 124 valence electrons. The number of nitrogens with one attached hydrogen (secondary N) is 1. The van der Waals surface area contributed by atoms with Crippen LogP contribution in [-0.4, -0.2) is 53.6 Å². The second kappa shape index (κ2) is 7.14. The molecule has 0 bridgehead atoms. The van der Waals surface area contributed by atoms with Gasteiger partial charge < -0.3 is 4.74 Å². The minimum atomic E-state index is -0.319. The van der Waals surface area contributed by atoms with Crippen LogP contribution in [-0.2, 0) is 4.74 Å². The quantitative estimate of drug-likeness (QED) is 0.835. The molecule has 0 saturated carbocycles. The molecule has 2 aliphatic rings. The molecule has 1 atom stereocenters. The number of thiazole rings is 1. The molecular weight excluding hydrogens is 312 g/mol. The van der Waals surface area contributed by atoms with Crippen LogP contribution >= 0.6 is 11.3 Å². The van der Waals surface area contributed by atoms with Crippen molar-refractivity contribution in [1.29, 1.82) is 0 Å². The van der Waals surface area contributed by atoms with E-state index in [-0.39, 0.29) is 5.97 Å². The van der Waals surface area contributed by atoms with E-state index in [4.69, 9.17) is 4.74 Å². The second-order valence-electron chi connectivity index (χ2n) is 5.71. The van der Waals surface area contributed by atoms with Crippen LogP contribution < -0.4 is 5.43 Å². The van der Waals surface area contributed by atoms with Gasteiger partial charge in [0.05, 0.1) is 19.3 Å². The van der Waals surface area contributed by atoms with E-state index < -0.39 is 0 Å². The summed E-state index contributed by atoms with van der Waals surface area (Å²) in [5, 5.41) is 2.70. The number of aromatic nitrogens is 1. The van der Waals surface area contributed by atoms with Gasteiger partial charge in [0.25, 0.3) is 0 Å². The Morgan fingerprint density at radius 3 is 3.17 bits per heavy atom. The lowest BCUT2D eigenvalue weighted by Gasteiger charge is -2.30. The Morgan fingerprint density at radius 2 is 2.43 bits per heavy atom. The van der Waals surface area contributed by atoms with Gasteiger partial charge in [0.1, 0.15) is 4.88 Å². The number of esters is 1. The van der Waals surface area contributed by atoms with Crippen LogP contribution in [0.2, 0.25) is 0 Å². The van der Waals surface area contributed by atoms with Crippen LogP contribution in [0.15, 0.2) is 30.1 Å². The van der Waals surface area contributed by atoms with Crippen LogP contribution in [0, 0.1) is 0 Å². The average molecular weight is 334 g/mol. The Labute approximate surface area is 140 Å². The van der Waals surface area contributed by atoms with Crippen molar-refractivity contribution in [1.82, 2.24) is 14.9 Å². The summed E-state index contributed by atoms with van der Waals surface area (Å²) in [4.78, 5) is 18.9. The molecule has 3 heterocycles. The number of nitrogens with zero attached hydrogens (tertiary/aromatic N) is 3. The Bertz CT molecular complexity index is 625. The number of likely N-dealkylation sites (N-methyl/N-ethyl adjacent to an activating group) is 1. The number of allylic oxidation sites excluding steroid dienone is 2. The smallest absolute Gasteiger partial charge is 0.350 e. The predicted molar refractivity (Wildman–Crippen MR) is 91.3 cm³/mol. The molecule has 1 aromatic heterocycles. The Balaban J connectivity index is 1.60. The zero-order chi connectivity index (χ0) is 16.2. The molecule has 7 heteroatoms. The van der Waals surface area contributed by atoms with E-state index in [1.54, 1.807) is 13.1 Å². The highest BCUT2D eigenvalue weighted by molar-refractivity contribution is 7.17. The lowest BCUT2D eigenvalue weighted by molar-refractivity contribution is 0.0532.